The summed E-state index contributed by atoms with van der Waals surface area (Å²) in [6, 6.07) is -0.668. The first-order chi connectivity index (χ1) is 9.49. The monoisotopic (exact) mass is 297 g/mol. The van der Waals surface area contributed by atoms with E-state index < -0.39 is 5.97 Å². The van der Waals surface area contributed by atoms with E-state index in [4.69, 9.17) is 5.11 Å². The van der Waals surface area contributed by atoms with Crippen LogP contribution in [0.2, 0.25) is 0 Å². The number of anilines is 1. The third-order valence-corrected chi connectivity index (χ3v) is 4.28. The molecule has 2 amide bonds. The van der Waals surface area contributed by atoms with E-state index in [0.29, 0.717) is 11.0 Å². The normalized spacial score (nSPS) is 15.7. The Bertz CT molecular complexity index is 511. The fraction of sp³-hybridized carbons (Fsp3) is 0.615. The van der Waals surface area contributed by atoms with Crippen LogP contribution in [0.3, 0.4) is 0 Å². The fourth-order valence-electron chi connectivity index (χ4n) is 2.13. The van der Waals surface area contributed by atoms with Crippen molar-refractivity contribution in [1.29, 1.82) is 0 Å². The number of carbonyl (C=O) groups excluding carboxylic acids is 1. The van der Waals surface area contributed by atoms with E-state index in [0.717, 1.165) is 29.8 Å². The number of aryl methyl sites for hydroxylation is 2. The summed E-state index contributed by atoms with van der Waals surface area (Å²) in [5.74, 6) is -0.596. The maximum atomic E-state index is 11.9. The van der Waals surface area contributed by atoms with Gasteiger partial charge in [-0.2, -0.15) is 0 Å². The SMILES string of the molecule is CCc1nc(NC(=O)NC(CC(=O)O)C2CC2)sc1C. The maximum Gasteiger partial charge on any atom is 0.321 e. The van der Waals surface area contributed by atoms with Crippen LogP contribution in [0.5, 0.6) is 0 Å². The minimum Gasteiger partial charge on any atom is -0.481 e. The molecule has 7 heteroatoms. The highest BCUT2D eigenvalue weighted by Gasteiger charge is 2.33. The first kappa shape index (κ1) is 14.8. The van der Waals surface area contributed by atoms with Gasteiger partial charge >= 0.3 is 12.0 Å². The van der Waals surface area contributed by atoms with Gasteiger partial charge in [-0.15, -0.1) is 11.3 Å². The molecule has 1 aliphatic carbocycles. The molecule has 1 heterocycles. The number of carboxylic acids is 1. The largest absolute Gasteiger partial charge is 0.481 e. The molecular weight excluding hydrogens is 278 g/mol. The van der Waals surface area contributed by atoms with Gasteiger partial charge in [-0.05, 0) is 32.1 Å². The van der Waals surface area contributed by atoms with Crippen molar-refractivity contribution in [3.05, 3.63) is 10.6 Å². The Hall–Kier alpha value is -1.63. The molecule has 1 unspecified atom stereocenters. The van der Waals surface area contributed by atoms with Gasteiger partial charge in [0, 0.05) is 10.9 Å². The molecule has 0 aromatic carbocycles. The highest BCUT2D eigenvalue weighted by atomic mass is 32.1. The molecule has 110 valence electrons. The topological polar surface area (TPSA) is 91.3 Å². The molecule has 1 aromatic rings. The van der Waals surface area contributed by atoms with Crippen LogP contribution in [0, 0.1) is 12.8 Å². The minimum atomic E-state index is -0.888. The summed E-state index contributed by atoms with van der Waals surface area (Å²) in [5.41, 5.74) is 0.981. The summed E-state index contributed by atoms with van der Waals surface area (Å²) in [4.78, 5) is 28.1. The van der Waals surface area contributed by atoms with Gasteiger partial charge in [0.05, 0.1) is 12.1 Å². The van der Waals surface area contributed by atoms with Crippen molar-refractivity contribution in [2.75, 3.05) is 5.32 Å². The lowest BCUT2D eigenvalue weighted by atomic mass is 10.1. The minimum absolute atomic E-state index is 0.0325. The lowest BCUT2D eigenvalue weighted by Gasteiger charge is -2.15. The third kappa shape index (κ3) is 3.93. The van der Waals surface area contributed by atoms with E-state index in [-0.39, 0.29) is 18.5 Å². The smallest absolute Gasteiger partial charge is 0.321 e. The summed E-state index contributed by atoms with van der Waals surface area (Å²) in [5, 5.41) is 14.8. The third-order valence-electron chi connectivity index (χ3n) is 3.35. The van der Waals surface area contributed by atoms with Gasteiger partial charge in [-0.25, -0.2) is 9.78 Å². The zero-order chi connectivity index (χ0) is 14.7. The van der Waals surface area contributed by atoms with Gasteiger partial charge in [-0.3, -0.25) is 10.1 Å². The van der Waals surface area contributed by atoms with E-state index in [1.54, 1.807) is 0 Å². The summed E-state index contributed by atoms with van der Waals surface area (Å²) >= 11 is 1.43. The second kappa shape index (κ2) is 6.21. The Kier molecular flexibility index (Phi) is 4.59. The van der Waals surface area contributed by atoms with E-state index in [2.05, 4.69) is 15.6 Å². The molecule has 20 heavy (non-hydrogen) atoms. The molecule has 1 atom stereocenters. The molecule has 6 nitrogen and oxygen atoms in total. The number of hydrogen-bond acceptors (Lipinski definition) is 4. The maximum absolute atomic E-state index is 11.9. The molecule has 0 aliphatic heterocycles. The molecule has 2 rings (SSSR count). The summed E-state index contributed by atoms with van der Waals surface area (Å²) < 4.78 is 0. The first-order valence-electron chi connectivity index (χ1n) is 6.75. The van der Waals surface area contributed by atoms with Crippen molar-refractivity contribution < 1.29 is 14.7 Å². The van der Waals surface area contributed by atoms with Crippen LogP contribution in [0.1, 0.15) is 36.8 Å². The van der Waals surface area contributed by atoms with Gasteiger partial charge in [0.1, 0.15) is 0 Å². The number of amides is 2. The first-order valence-corrected chi connectivity index (χ1v) is 7.56. The predicted molar refractivity (Wildman–Crippen MR) is 77.1 cm³/mol. The van der Waals surface area contributed by atoms with Crippen molar-refractivity contribution in [2.24, 2.45) is 5.92 Å². The molecule has 0 radical (unpaired) electrons. The number of aromatic nitrogens is 1. The average Bonchev–Trinajstić information content (AvgIpc) is 3.13. The van der Waals surface area contributed by atoms with Crippen LogP contribution in [0.4, 0.5) is 9.93 Å². The van der Waals surface area contributed by atoms with Crippen molar-refractivity contribution in [2.45, 2.75) is 45.6 Å². The summed E-state index contributed by atoms with van der Waals surface area (Å²) in [6.45, 7) is 3.99. The lowest BCUT2D eigenvalue weighted by molar-refractivity contribution is -0.137. The van der Waals surface area contributed by atoms with E-state index in [9.17, 15) is 9.59 Å². The molecular formula is C13H19N3O3S. The molecule has 1 aromatic heterocycles. The van der Waals surface area contributed by atoms with Crippen LogP contribution in [-0.4, -0.2) is 28.1 Å². The van der Waals surface area contributed by atoms with Crippen LogP contribution >= 0.6 is 11.3 Å². The van der Waals surface area contributed by atoms with Gasteiger partial charge in [0.15, 0.2) is 5.13 Å². The Balaban J connectivity index is 1.91. The highest BCUT2D eigenvalue weighted by Crippen LogP contribution is 2.34. The number of thiazole rings is 1. The standard InChI is InChI=1S/C13H19N3O3S/c1-3-9-7(2)20-13(15-9)16-12(19)14-10(6-11(17)18)8-4-5-8/h8,10H,3-6H2,1-2H3,(H,17,18)(H2,14,15,16,19). The van der Waals surface area contributed by atoms with E-state index >= 15 is 0 Å². The number of nitrogens with one attached hydrogen (secondary N) is 2. The Labute approximate surface area is 121 Å². The van der Waals surface area contributed by atoms with Crippen LogP contribution in [-0.2, 0) is 11.2 Å². The number of urea groups is 1. The fourth-order valence-corrected chi connectivity index (χ4v) is 3.03. The van der Waals surface area contributed by atoms with Crippen molar-refractivity contribution in [3.8, 4) is 0 Å². The number of nitrogens with zero attached hydrogens (tertiary/aromatic N) is 1. The van der Waals surface area contributed by atoms with Crippen molar-refractivity contribution in [1.82, 2.24) is 10.3 Å². The Morgan fingerprint density at radius 1 is 1.50 bits per heavy atom. The number of hydrogen-bond donors (Lipinski definition) is 3. The molecule has 3 N–H and O–H groups in total. The summed E-state index contributed by atoms with van der Waals surface area (Å²) in [6.07, 6.45) is 2.76. The average molecular weight is 297 g/mol. The van der Waals surface area contributed by atoms with Crippen LogP contribution < -0.4 is 10.6 Å². The second-order valence-corrected chi connectivity index (χ2v) is 6.22. The zero-order valence-corrected chi connectivity index (χ0v) is 12.4. The molecule has 1 fully saturated rings. The van der Waals surface area contributed by atoms with Gasteiger partial charge < -0.3 is 10.4 Å². The second-order valence-electron chi connectivity index (χ2n) is 5.02. The Morgan fingerprint density at radius 2 is 2.20 bits per heavy atom. The number of carboxylic acid groups (broad SMARTS) is 1. The Morgan fingerprint density at radius 3 is 2.70 bits per heavy atom. The van der Waals surface area contributed by atoms with Gasteiger partial charge in [0.2, 0.25) is 0 Å². The zero-order valence-electron chi connectivity index (χ0n) is 11.6. The molecule has 1 saturated carbocycles. The predicted octanol–water partition coefficient (Wildman–Crippen LogP) is 2.39. The highest BCUT2D eigenvalue weighted by molar-refractivity contribution is 7.15. The van der Waals surface area contributed by atoms with Gasteiger partial charge in [-0.1, -0.05) is 6.92 Å². The number of carbonyl (C=O) groups is 2. The summed E-state index contributed by atoms with van der Waals surface area (Å²) in [7, 11) is 0. The van der Waals surface area contributed by atoms with Gasteiger partial charge in [0.25, 0.3) is 0 Å². The van der Waals surface area contributed by atoms with E-state index in [1.807, 2.05) is 13.8 Å². The molecule has 0 spiro atoms. The van der Waals surface area contributed by atoms with Crippen molar-refractivity contribution >= 4 is 28.5 Å². The number of aliphatic carboxylic acids is 1. The molecule has 0 saturated heterocycles. The quantitative estimate of drug-likeness (QED) is 0.752. The van der Waals surface area contributed by atoms with Crippen LogP contribution in [0.15, 0.2) is 0 Å². The van der Waals surface area contributed by atoms with E-state index in [1.165, 1.54) is 11.3 Å². The lowest BCUT2D eigenvalue weighted by Crippen LogP contribution is -2.40. The number of rotatable bonds is 6. The van der Waals surface area contributed by atoms with Crippen LogP contribution in [0.25, 0.3) is 0 Å². The molecule has 0 bridgehead atoms. The molecule has 1 aliphatic rings. The van der Waals surface area contributed by atoms with Crippen molar-refractivity contribution in [3.63, 3.8) is 0 Å².